The molecular weight excluding hydrogens is 387 g/mol. The van der Waals surface area contributed by atoms with Crippen LogP contribution in [-0.4, -0.2) is 29.4 Å². The first-order chi connectivity index (χ1) is 12.4. The molecule has 0 aromatic heterocycles. The van der Waals surface area contributed by atoms with Crippen molar-refractivity contribution in [3.05, 3.63) is 0 Å². The smallest absolute Gasteiger partial charge is 0.748 e. The van der Waals surface area contributed by atoms with Crippen LogP contribution in [0.5, 0.6) is 0 Å². The van der Waals surface area contributed by atoms with Crippen LogP contribution in [0.2, 0.25) is 0 Å². The van der Waals surface area contributed by atoms with E-state index in [1.165, 1.54) is 25.7 Å². The molecule has 0 aromatic rings. The second-order valence-corrected chi connectivity index (χ2v) is 9.46. The Morgan fingerprint density at radius 1 is 0.667 bits per heavy atom. The molecule has 1 N–H and O–H groups in total. The van der Waals surface area contributed by atoms with Gasteiger partial charge in [-0.05, 0) is 25.7 Å². The molecule has 0 amide bonds. The second-order valence-electron chi connectivity index (χ2n) is 7.81. The molecule has 27 heavy (non-hydrogen) atoms. The summed E-state index contributed by atoms with van der Waals surface area (Å²) in [4.78, 5) is 0. The van der Waals surface area contributed by atoms with Crippen LogP contribution in [0.3, 0.4) is 0 Å². The summed E-state index contributed by atoms with van der Waals surface area (Å²) in [5.74, 6) is 0. The van der Waals surface area contributed by atoms with Crippen LogP contribution >= 0.6 is 0 Å². The first kappa shape index (κ1) is 30.7. The fourth-order valence-electron chi connectivity index (χ4n) is 3.52. The Morgan fingerprint density at radius 3 is 1.48 bits per heavy atom. The summed E-state index contributed by atoms with van der Waals surface area (Å²) < 4.78 is 34.4. The van der Waals surface area contributed by atoms with Crippen molar-refractivity contribution in [3.8, 4) is 0 Å². The van der Waals surface area contributed by atoms with Crippen molar-refractivity contribution in [1.29, 1.82) is 0 Å². The first-order valence-corrected chi connectivity index (χ1v) is 12.5. The number of rotatable bonds is 19. The maximum atomic E-state index is 11.5. The minimum absolute atomic E-state index is 0. The molecule has 2 unspecified atom stereocenters. The number of hydrogen-bond acceptors (Lipinski definition) is 4. The van der Waals surface area contributed by atoms with Crippen LogP contribution in [0.25, 0.3) is 0 Å². The van der Waals surface area contributed by atoms with Gasteiger partial charge in [0.15, 0.2) is 0 Å². The second kappa shape index (κ2) is 20.8. The third-order valence-electron chi connectivity index (χ3n) is 5.22. The van der Waals surface area contributed by atoms with Crippen molar-refractivity contribution < 1.29 is 69.5 Å². The van der Waals surface area contributed by atoms with Crippen molar-refractivity contribution in [3.63, 3.8) is 0 Å². The topological polar surface area (TPSA) is 77.4 Å². The Kier molecular flexibility index (Phi) is 23.6. The molecule has 0 aliphatic carbocycles. The van der Waals surface area contributed by atoms with Gasteiger partial charge in [-0.2, -0.15) is 0 Å². The van der Waals surface area contributed by atoms with E-state index in [-0.39, 0.29) is 57.5 Å². The molecular formula is C21H43KO4S. The van der Waals surface area contributed by atoms with Gasteiger partial charge >= 0.3 is 51.4 Å². The summed E-state index contributed by atoms with van der Waals surface area (Å²) in [5.41, 5.74) is 0. The minimum atomic E-state index is -4.16. The molecule has 4 nitrogen and oxygen atoms in total. The Balaban J connectivity index is 0. The average Bonchev–Trinajstić information content (AvgIpc) is 2.57. The molecule has 0 radical (unpaired) electrons. The summed E-state index contributed by atoms with van der Waals surface area (Å²) in [5, 5.41) is 8.99. The van der Waals surface area contributed by atoms with Crippen molar-refractivity contribution in [1.82, 2.24) is 0 Å². The van der Waals surface area contributed by atoms with Gasteiger partial charge in [0.05, 0.1) is 16.2 Å². The third-order valence-corrected chi connectivity index (χ3v) is 6.51. The van der Waals surface area contributed by atoms with Crippen LogP contribution in [-0.2, 0) is 10.1 Å². The summed E-state index contributed by atoms with van der Waals surface area (Å²) in [7, 11) is -4.16. The van der Waals surface area contributed by atoms with Crippen molar-refractivity contribution in [2.45, 2.75) is 134 Å². The molecule has 0 aromatic carbocycles. The van der Waals surface area contributed by atoms with E-state index < -0.39 is 15.4 Å². The van der Waals surface area contributed by atoms with Crippen LogP contribution in [0.1, 0.15) is 123 Å². The predicted octanol–water partition coefficient (Wildman–Crippen LogP) is 2.94. The SMILES string of the molecule is CCCCCCCCCC(CCCCCCCC(O)CCC)S(=O)(=O)[O-].[K+]. The molecule has 0 heterocycles. The molecule has 0 aliphatic rings. The van der Waals surface area contributed by atoms with E-state index in [2.05, 4.69) is 13.8 Å². The van der Waals surface area contributed by atoms with Crippen molar-refractivity contribution >= 4 is 10.1 Å². The van der Waals surface area contributed by atoms with Gasteiger partial charge in [0.1, 0.15) is 0 Å². The van der Waals surface area contributed by atoms with Gasteiger partial charge in [0, 0.05) is 5.25 Å². The van der Waals surface area contributed by atoms with E-state index in [0.717, 1.165) is 70.6 Å². The average molecular weight is 431 g/mol. The predicted molar refractivity (Wildman–Crippen MR) is 109 cm³/mol. The first-order valence-electron chi connectivity index (χ1n) is 11.0. The zero-order valence-electron chi connectivity index (χ0n) is 18.3. The maximum Gasteiger partial charge on any atom is 1.00 e. The standard InChI is InChI=1S/C21H44O4S.K/c1-3-5-6-7-8-11-14-18-21(26(23,24)25)19-15-12-9-10-13-17-20(22)16-4-2;/h20-22H,3-19H2,1-2H3,(H,23,24,25);/q;+1/p-1. The molecule has 0 fully saturated rings. The van der Waals surface area contributed by atoms with Gasteiger partial charge in [-0.25, -0.2) is 8.42 Å². The van der Waals surface area contributed by atoms with E-state index in [1.54, 1.807) is 0 Å². The molecule has 0 saturated carbocycles. The number of aliphatic hydroxyl groups is 1. The molecule has 2 atom stereocenters. The summed E-state index contributed by atoms with van der Waals surface area (Å²) in [6, 6.07) is 0. The molecule has 0 saturated heterocycles. The van der Waals surface area contributed by atoms with E-state index >= 15 is 0 Å². The molecule has 0 spiro atoms. The van der Waals surface area contributed by atoms with Crippen molar-refractivity contribution in [2.75, 3.05) is 0 Å². The van der Waals surface area contributed by atoms with Gasteiger partial charge in [-0.1, -0.05) is 97.3 Å². The Morgan fingerprint density at radius 2 is 1.07 bits per heavy atom. The summed E-state index contributed by atoms with van der Waals surface area (Å²) in [6.07, 6.45) is 16.6. The molecule has 6 heteroatoms. The normalized spacial score (nSPS) is 13.9. The quantitative estimate of drug-likeness (QED) is 0.194. The molecule has 0 rings (SSSR count). The third kappa shape index (κ3) is 20.6. The zero-order valence-corrected chi connectivity index (χ0v) is 22.2. The Bertz CT molecular complexity index is 401. The van der Waals surface area contributed by atoms with Crippen LogP contribution in [0, 0.1) is 0 Å². The monoisotopic (exact) mass is 430 g/mol. The summed E-state index contributed by atoms with van der Waals surface area (Å²) >= 11 is 0. The molecule has 0 aliphatic heterocycles. The van der Waals surface area contributed by atoms with E-state index in [0.29, 0.717) is 12.8 Å². The maximum absolute atomic E-state index is 11.5. The fraction of sp³-hybridized carbons (Fsp3) is 1.00. The van der Waals surface area contributed by atoms with Gasteiger partial charge in [0.2, 0.25) is 0 Å². The van der Waals surface area contributed by atoms with Gasteiger partial charge in [-0.15, -0.1) is 0 Å². The zero-order chi connectivity index (χ0) is 19.7. The number of unbranched alkanes of at least 4 members (excludes halogenated alkanes) is 10. The Hall–Kier alpha value is 1.51. The van der Waals surface area contributed by atoms with E-state index in [4.69, 9.17) is 0 Å². The van der Waals surface area contributed by atoms with Crippen LogP contribution in [0.4, 0.5) is 0 Å². The van der Waals surface area contributed by atoms with E-state index in [1.807, 2.05) is 0 Å². The molecule has 158 valence electrons. The molecule has 0 bridgehead atoms. The van der Waals surface area contributed by atoms with E-state index in [9.17, 15) is 18.1 Å². The minimum Gasteiger partial charge on any atom is -0.748 e. The van der Waals surface area contributed by atoms with Crippen LogP contribution < -0.4 is 51.4 Å². The number of aliphatic hydroxyl groups excluding tert-OH is 1. The number of hydrogen-bond donors (Lipinski definition) is 1. The Labute approximate surface area is 211 Å². The van der Waals surface area contributed by atoms with Crippen LogP contribution in [0.15, 0.2) is 0 Å². The van der Waals surface area contributed by atoms with Crippen molar-refractivity contribution in [2.24, 2.45) is 0 Å². The van der Waals surface area contributed by atoms with Gasteiger partial charge in [0.25, 0.3) is 0 Å². The largest absolute Gasteiger partial charge is 1.00 e. The summed E-state index contributed by atoms with van der Waals surface area (Å²) in [6.45, 7) is 4.27. The van der Waals surface area contributed by atoms with Gasteiger partial charge in [-0.3, -0.25) is 0 Å². The fourth-order valence-corrected chi connectivity index (χ4v) is 4.43. The van der Waals surface area contributed by atoms with Gasteiger partial charge < -0.3 is 9.66 Å².